The van der Waals surface area contributed by atoms with Crippen molar-refractivity contribution < 1.29 is 9.18 Å². The predicted octanol–water partition coefficient (Wildman–Crippen LogP) is 5.12. The number of carbonyl (C=O) groups is 1. The van der Waals surface area contributed by atoms with Gasteiger partial charge in [-0.05, 0) is 49.8 Å². The van der Waals surface area contributed by atoms with E-state index in [1.54, 1.807) is 35.2 Å². The van der Waals surface area contributed by atoms with Crippen molar-refractivity contribution in [1.29, 1.82) is 0 Å². The molecule has 6 heteroatoms. The maximum atomic E-state index is 12.9. The van der Waals surface area contributed by atoms with Crippen LogP contribution in [0.4, 0.5) is 4.39 Å². The van der Waals surface area contributed by atoms with Crippen molar-refractivity contribution >= 4 is 29.0 Å². The largest absolute Gasteiger partial charge is 0.355 e. The van der Waals surface area contributed by atoms with Crippen LogP contribution in [0.3, 0.4) is 0 Å². The van der Waals surface area contributed by atoms with E-state index in [9.17, 15) is 9.18 Å². The van der Waals surface area contributed by atoms with E-state index in [1.165, 1.54) is 43.4 Å². The second-order valence-electron chi connectivity index (χ2n) is 6.40. The quantitative estimate of drug-likeness (QED) is 0.502. The van der Waals surface area contributed by atoms with Gasteiger partial charge in [-0.15, -0.1) is 11.3 Å². The number of hydrogen-bond acceptors (Lipinski definition) is 4. The first-order chi connectivity index (χ1) is 12.7. The number of nitrogens with zero attached hydrogens (tertiary/aromatic N) is 1. The molecule has 0 bridgehead atoms. The Kier molecular flexibility index (Phi) is 7.26. The Labute approximate surface area is 162 Å². The number of carbonyl (C=O) groups excluding carboxylic acids is 1. The molecule has 26 heavy (non-hydrogen) atoms. The van der Waals surface area contributed by atoms with E-state index in [2.05, 4.69) is 16.4 Å². The average molecular weight is 391 g/mol. The number of hydrogen-bond donors (Lipinski definition) is 1. The van der Waals surface area contributed by atoms with Crippen LogP contribution in [-0.4, -0.2) is 17.4 Å². The van der Waals surface area contributed by atoms with E-state index in [0.717, 1.165) is 27.8 Å². The van der Waals surface area contributed by atoms with Crippen LogP contribution in [0.1, 0.15) is 43.4 Å². The lowest BCUT2D eigenvalue weighted by atomic mass is 9.97. The number of nitrogens with one attached hydrogen (secondary N) is 1. The molecule has 1 aromatic carbocycles. The summed E-state index contributed by atoms with van der Waals surface area (Å²) < 4.78 is 13.8. The Morgan fingerprint density at radius 1 is 1.27 bits per heavy atom. The zero-order valence-electron chi connectivity index (χ0n) is 14.7. The van der Waals surface area contributed by atoms with E-state index in [-0.39, 0.29) is 11.7 Å². The van der Waals surface area contributed by atoms with Crippen molar-refractivity contribution in [3.63, 3.8) is 0 Å². The third-order valence-electron chi connectivity index (χ3n) is 4.30. The molecule has 1 N–H and O–H groups in total. The van der Waals surface area contributed by atoms with Crippen LogP contribution < -0.4 is 5.32 Å². The zero-order chi connectivity index (χ0) is 18.2. The average Bonchev–Trinajstić information content (AvgIpc) is 3.09. The van der Waals surface area contributed by atoms with E-state index in [1.807, 2.05) is 5.38 Å². The summed E-state index contributed by atoms with van der Waals surface area (Å²) in [7, 11) is 0. The van der Waals surface area contributed by atoms with E-state index >= 15 is 0 Å². The van der Waals surface area contributed by atoms with Gasteiger partial charge in [-0.3, -0.25) is 4.79 Å². The minimum absolute atomic E-state index is 0.0294. The number of rotatable bonds is 8. The van der Waals surface area contributed by atoms with Crippen LogP contribution in [0.25, 0.3) is 0 Å². The molecule has 0 radical (unpaired) electrons. The molecule has 138 valence electrons. The molecular formula is C20H23FN2OS2. The molecule has 3 nitrogen and oxygen atoms in total. The smallest absolute Gasteiger partial charge is 0.226 e. The fourth-order valence-electron chi connectivity index (χ4n) is 2.88. The molecule has 0 atom stereocenters. The summed E-state index contributed by atoms with van der Waals surface area (Å²) in [6.45, 7) is 0.709. The van der Waals surface area contributed by atoms with Gasteiger partial charge in [-0.1, -0.05) is 35.5 Å². The fourth-order valence-corrected chi connectivity index (χ4v) is 4.68. The van der Waals surface area contributed by atoms with Crippen LogP contribution >= 0.6 is 23.1 Å². The highest BCUT2D eigenvalue weighted by Gasteiger charge is 2.09. The maximum absolute atomic E-state index is 12.9. The molecule has 0 saturated carbocycles. The fraction of sp³-hybridized carbons (Fsp3) is 0.400. The van der Waals surface area contributed by atoms with Gasteiger partial charge < -0.3 is 5.32 Å². The third-order valence-corrected chi connectivity index (χ3v) is 6.44. The number of thioether (sulfide) groups is 1. The third kappa shape index (κ3) is 6.25. The SMILES string of the molecule is O=C(Cc1csc(SCc2ccc(F)cc2)n1)NCCC1=CCCCC1. The first-order valence-corrected chi connectivity index (χ1v) is 10.8. The molecule has 1 heterocycles. The lowest BCUT2D eigenvalue weighted by Gasteiger charge is -2.12. The zero-order valence-corrected chi connectivity index (χ0v) is 16.3. The molecule has 3 rings (SSSR count). The molecular weight excluding hydrogens is 367 g/mol. The van der Waals surface area contributed by atoms with Crippen LogP contribution in [0.15, 0.2) is 45.6 Å². The molecule has 1 aliphatic rings. The van der Waals surface area contributed by atoms with Gasteiger partial charge in [-0.2, -0.15) is 0 Å². The standard InChI is InChI=1S/C20H23FN2OS2/c21-17-8-6-16(7-9-17)13-25-20-23-18(14-26-20)12-19(24)22-11-10-15-4-2-1-3-5-15/h4,6-9,14H,1-3,5,10-13H2,(H,22,24). The number of halogens is 1. The van der Waals surface area contributed by atoms with Crippen molar-refractivity contribution in [3.8, 4) is 0 Å². The molecule has 1 aliphatic carbocycles. The number of allylic oxidation sites excluding steroid dienone is 1. The van der Waals surface area contributed by atoms with Crippen molar-refractivity contribution in [2.24, 2.45) is 0 Å². The summed E-state index contributed by atoms with van der Waals surface area (Å²) in [5, 5.41) is 4.93. The lowest BCUT2D eigenvalue weighted by molar-refractivity contribution is -0.120. The summed E-state index contributed by atoms with van der Waals surface area (Å²) in [6, 6.07) is 6.51. The summed E-state index contributed by atoms with van der Waals surface area (Å²) in [5.74, 6) is 0.553. The highest BCUT2D eigenvalue weighted by atomic mass is 32.2. The first-order valence-electron chi connectivity index (χ1n) is 8.95. The highest BCUT2D eigenvalue weighted by Crippen LogP contribution is 2.26. The van der Waals surface area contributed by atoms with Gasteiger partial charge in [0.05, 0.1) is 12.1 Å². The van der Waals surface area contributed by atoms with Crippen molar-refractivity contribution in [3.05, 3.63) is 58.4 Å². The van der Waals surface area contributed by atoms with Gasteiger partial charge in [0.1, 0.15) is 10.2 Å². The van der Waals surface area contributed by atoms with Crippen LogP contribution in [0.5, 0.6) is 0 Å². The Hall–Kier alpha value is -1.66. The number of benzene rings is 1. The second-order valence-corrected chi connectivity index (χ2v) is 8.49. The van der Waals surface area contributed by atoms with Gasteiger partial charge >= 0.3 is 0 Å². The van der Waals surface area contributed by atoms with Gasteiger partial charge in [0, 0.05) is 17.7 Å². The monoisotopic (exact) mass is 390 g/mol. The lowest BCUT2D eigenvalue weighted by Crippen LogP contribution is -2.26. The van der Waals surface area contributed by atoms with Crippen molar-refractivity contribution in [1.82, 2.24) is 10.3 Å². The normalized spacial score (nSPS) is 14.1. The van der Waals surface area contributed by atoms with Crippen molar-refractivity contribution in [2.45, 2.75) is 48.6 Å². The highest BCUT2D eigenvalue weighted by molar-refractivity contribution is 8.00. The van der Waals surface area contributed by atoms with E-state index < -0.39 is 0 Å². The molecule has 0 fully saturated rings. The Bertz CT molecular complexity index is 755. The number of aromatic nitrogens is 1. The van der Waals surface area contributed by atoms with Gasteiger partial charge in [0.15, 0.2) is 0 Å². The maximum Gasteiger partial charge on any atom is 0.226 e. The topological polar surface area (TPSA) is 42.0 Å². The minimum atomic E-state index is -0.221. The van der Waals surface area contributed by atoms with Crippen molar-refractivity contribution in [2.75, 3.05) is 6.54 Å². The molecule has 1 aromatic heterocycles. The summed E-state index contributed by atoms with van der Waals surface area (Å²) in [5.41, 5.74) is 3.35. The summed E-state index contributed by atoms with van der Waals surface area (Å²) >= 11 is 3.16. The Morgan fingerprint density at radius 2 is 2.12 bits per heavy atom. The van der Waals surface area contributed by atoms with Crippen LogP contribution in [-0.2, 0) is 17.0 Å². The van der Waals surface area contributed by atoms with Crippen LogP contribution in [0.2, 0.25) is 0 Å². The van der Waals surface area contributed by atoms with Gasteiger partial charge in [0.2, 0.25) is 5.91 Å². The molecule has 1 amide bonds. The predicted molar refractivity (Wildman–Crippen MR) is 106 cm³/mol. The van der Waals surface area contributed by atoms with E-state index in [4.69, 9.17) is 0 Å². The molecule has 0 unspecified atom stereocenters. The summed E-state index contributed by atoms with van der Waals surface area (Å²) in [6.07, 6.45) is 8.53. The molecule has 0 aliphatic heterocycles. The Balaban J connectivity index is 1.39. The first kappa shape index (κ1) is 19.1. The minimum Gasteiger partial charge on any atom is -0.355 e. The van der Waals surface area contributed by atoms with Crippen LogP contribution in [0, 0.1) is 5.82 Å². The van der Waals surface area contributed by atoms with Gasteiger partial charge in [0.25, 0.3) is 0 Å². The Morgan fingerprint density at radius 3 is 2.88 bits per heavy atom. The molecule has 0 saturated heterocycles. The number of amides is 1. The molecule has 0 spiro atoms. The molecule has 2 aromatic rings. The second kappa shape index (κ2) is 9.88. The van der Waals surface area contributed by atoms with E-state index in [0.29, 0.717) is 13.0 Å². The number of thiazole rings is 1. The van der Waals surface area contributed by atoms with Gasteiger partial charge in [-0.25, -0.2) is 9.37 Å². The summed E-state index contributed by atoms with van der Waals surface area (Å²) in [4.78, 5) is 16.6.